The second-order valence-corrected chi connectivity index (χ2v) is 6.86. The third-order valence-corrected chi connectivity index (χ3v) is 4.83. The molecule has 0 saturated heterocycles. The minimum absolute atomic E-state index is 0.170. The predicted octanol–water partition coefficient (Wildman–Crippen LogP) is 3.25. The molecule has 4 rings (SSSR count). The zero-order valence-corrected chi connectivity index (χ0v) is 16.1. The highest BCUT2D eigenvalue weighted by Gasteiger charge is 2.10. The summed E-state index contributed by atoms with van der Waals surface area (Å²) in [5.41, 5.74) is 2.50. The molecular formula is C24H18N4O2. The molecule has 0 atom stereocenters. The summed E-state index contributed by atoms with van der Waals surface area (Å²) >= 11 is 0. The van der Waals surface area contributed by atoms with E-state index in [1.165, 1.54) is 0 Å². The molecule has 4 aromatic rings. The molecule has 0 unspecified atom stereocenters. The highest BCUT2D eigenvalue weighted by atomic mass is 16.1. The van der Waals surface area contributed by atoms with Crippen molar-refractivity contribution >= 4 is 16.7 Å². The third-order valence-electron chi connectivity index (χ3n) is 4.83. The Morgan fingerprint density at radius 3 is 2.63 bits per heavy atom. The van der Waals surface area contributed by atoms with Crippen LogP contribution in [0.15, 0.2) is 83.9 Å². The number of nitrogens with zero attached hydrogens (tertiary/aromatic N) is 3. The fourth-order valence-corrected chi connectivity index (χ4v) is 3.20. The number of nitriles is 1. The molecule has 0 spiro atoms. The van der Waals surface area contributed by atoms with Crippen LogP contribution in [0.2, 0.25) is 0 Å². The fraction of sp³-hybridized carbons (Fsp3) is 0.0833. The summed E-state index contributed by atoms with van der Waals surface area (Å²) < 4.78 is 1.60. The summed E-state index contributed by atoms with van der Waals surface area (Å²) in [4.78, 5) is 29.7. The second-order valence-electron chi connectivity index (χ2n) is 6.86. The lowest BCUT2D eigenvalue weighted by Gasteiger charge is -2.09. The number of fused-ring (bicyclic) bond motifs is 1. The number of hydrogen-bond donors (Lipinski definition) is 1. The maximum atomic E-state index is 13.0. The topological polar surface area (TPSA) is 87.8 Å². The largest absolute Gasteiger partial charge is 0.346 e. The van der Waals surface area contributed by atoms with Gasteiger partial charge in [-0.25, -0.2) is 0 Å². The molecular weight excluding hydrogens is 376 g/mol. The van der Waals surface area contributed by atoms with E-state index in [9.17, 15) is 9.59 Å². The zero-order chi connectivity index (χ0) is 20.9. The van der Waals surface area contributed by atoms with E-state index in [2.05, 4.69) is 16.4 Å². The Labute approximate surface area is 173 Å². The molecule has 0 radical (unpaired) electrons. The van der Waals surface area contributed by atoms with E-state index >= 15 is 0 Å². The Morgan fingerprint density at radius 1 is 1.07 bits per heavy atom. The Balaban J connectivity index is 1.58. The number of nitrogens with one attached hydrogen (secondary N) is 1. The van der Waals surface area contributed by atoms with E-state index in [0.717, 1.165) is 16.6 Å². The smallest absolute Gasteiger partial charge is 0.258 e. The van der Waals surface area contributed by atoms with Gasteiger partial charge in [0.25, 0.3) is 11.5 Å². The average Bonchev–Trinajstić information content (AvgIpc) is 2.80. The van der Waals surface area contributed by atoms with Crippen LogP contribution in [0.1, 0.15) is 27.2 Å². The first-order chi connectivity index (χ1) is 14.6. The molecule has 0 aliphatic heterocycles. The quantitative estimate of drug-likeness (QED) is 0.563. The second kappa shape index (κ2) is 8.41. The summed E-state index contributed by atoms with van der Waals surface area (Å²) in [6, 6.07) is 21.7. The molecule has 146 valence electrons. The molecule has 6 heteroatoms. The number of rotatable bonds is 5. The van der Waals surface area contributed by atoms with Gasteiger partial charge >= 0.3 is 0 Å². The molecule has 1 amide bonds. The van der Waals surface area contributed by atoms with Crippen LogP contribution in [0.3, 0.4) is 0 Å². The van der Waals surface area contributed by atoms with Gasteiger partial charge in [0.05, 0.1) is 30.4 Å². The fourth-order valence-electron chi connectivity index (χ4n) is 3.20. The number of carbonyl (C=O) groups excluding carboxylic acids is 1. The van der Waals surface area contributed by atoms with Gasteiger partial charge in [0, 0.05) is 23.3 Å². The average molecular weight is 394 g/mol. The Bertz CT molecular complexity index is 1300. The Hall–Kier alpha value is -4.24. The molecule has 2 aromatic carbocycles. The zero-order valence-electron chi connectivity index (χ0n) is 16.1. The van der Waals surface area contributed by atoms with E-state index in [4.69, 9.17) is 5.26 Å². The molecule has 2 heterocycles. The molecule has 0 bridgehead atoms. The number of carbonyl (C=O) groups is 1. The van der Waals surface area contributed by atoms with Crippen molar-refractivity contribution in [3.05, 3.63) is 112 Å². The molecule has 0 aliphatic rings. The summed E-state index contributed by atoms with van der Waals surface area (Å²) in [6.07, 6.45) is 3.41. The van der Waals surface area contributed by atoms with E-state index < -0.39 is 0 Å². The van der Waals surface area contributed by atoms with Crippen molar-refractivity contribution in [3.8, 4) is 6.07 Å². The van der Waals surface area contributed by atoms with E-state index in [1.54, 1.807) is 47.3 Å². The third kappa shape index (κ3) is 4.10. The number of pyridine rings is 2. The molecule has 0 aliphatic carbocycles. The van der Waals surface area contributed by atoms with Crippen LogP contribution in [0.5, 0.6) is 0 Å². The van der Waals surface area contributed by atoms with Crippen LogP contribution < -0.4 is 10.9 Å². The summed E-state index contributed by atoms with van der Waals surface area (Å²) in [5, 5.41) is 13.0. The lowest BCUT2D eigenvalue weighted by atomic mass is 10.1. The van der Waals surface area contributed by atoms with Gasteiger partial charge in [0.1, 0.15) is 0 Å². The lowest BCUT2D eigenvalue weighted by molar-refractivity contribution is 0.0950. The van der Waals surface area contributed by atoms with E-state index in [0.29, 0.717) is 29.6 Å². The van der Waals surface area contributed by atoms with Gasteiger partial charge in [-0.05, 0) is 53.4 Å². The minimum atomic E-state index is -0.260. The Morgan fingerprint density at radius 2 is 1.90 bits per heavy atom. The van der Waals surface area contributed by atoms with E-state index in [1.807, 2.05) is 36.4 Å². The molecule has 1 N–H and O–H groups in total. The van der Waals surface area contributed by atoms with Gasteiger partial charge in [-0.1, -0.05) is 24.3 Å². The van der Waals surface area contributed by atoms with Crippen molar-refractivity contribution in [2.24, 2.45) is 0 Å². The van der Waals surface area contributed by atoms with Gasteiger partial charge in [0.2, 0.25) is 0 Å². The highest BCUT2D eigenvalue weighted by Crippen LogP contribution is 2.14. The van der Waals surface area contributed by atoms with Gasteiger partial charge in [0.15, 0.2) is 0 Å². The van der Waals surface area contributed by atoms with Crippen LogP contribution in [0, 0.1) is 11.3 Å². The van der Waals surface area contributed by atoms with Crippen molar-refractivity contribution in [2.75, 3.05) is 0 Å². The first-order valence-corrected chi connectivity index (χ1v) is 9.44. The number of aromatic nitrogens is 2. The summed E-state index contributed by atoms with van der Waals surface area (Å²) in [5.74, 6) is -0.260. The van der Waals surface area contributed by atoms with Crippen molar-refractivity contribution in [1.82, 2.24) is 14.9 Å². The van der Waals surface area contributed by atoms with Crippen LogP contribution >= 0.6 is 0 Å². The van der Waals surface area contributed by atoms with Crippen molar-refractivity contribution < 1.29 is 4.79 Å². The monoisotopic (exact) mass is 394 g/mol. The molecule has 30 heavy (non-hydrogen) atoms. The van der Waals surface area contributed by atoms with Crippen LogP contribution in [-0.4, -0.2) is 15.5 Å². The minimum Gasteiger partial charge on any atom is -0.346 e. The van der Waals surface area contributed by atoms with Crippen molar-refractivity contribution in [3.63, 3.8) is 0 Å². The Kier molecular flexibility index (Phi) is 5.35. The number of amides is 1. The van der Waals surface area contributed by atoms with Gasteiger partial charge in [-0.15, -0.1) is 0 Å². The van der Waals surface area contributed by atoms with Crippen molar-refractivity contribution in [1.29, 1.82) is 5.26 Å². The normalized spacial score (nSPS) is 10.5. The van der Waals surface area contributed by atoms with Crippen LogP contribution in [0.25, 0.3) is 10.8 Å². The maximum absolute atomic E-state index is 13.0. The molecule has 0 fully saturated rings. The molecule has 0 saturated carbocycles. The standard InChI is InChI=1S/C24H18N4O2/c25-14-17-4-6-18(7-5-17)16-28-12-10-19-8-9-20(13-22(19)24(28)30)23(29)27-15-21-3-1-2-11-26-21/h1-13H,15-16H2,(H,27,29). The first kappa shape index (κ1) is 19.1. The van der Waals surface area contributed by atoms with Crippen LogP contribution in [-0.2, 0) is 13.1 Å². The molecule has 6 nitrogen and oxygen atoms in total. The van der Waals surface area contributed by atoms with Gasteiger partial charge < -0.3 is 9.88 Å². The number of hydrogen-bond acceptors (Lipinski definition) is 4. The summed E-state index contributed by atoms with van der Waals surface area (Å²) in [7, 11) is 0. The molecule has 2 aromatic heterocycles. The number of benzene rings is 2. The van der Waals surface area contributed by atoms with Crippen LogP contribution in [0.4, 0.5) is 0 Å². The SMILES string of the molecule is N#Cc1ccc(Cn2ccc3ccc(C(=O)NCc4ccccn4)cc3c2=O)cc1. The maximum Gasteiger partial charge on any atom is 0.258 e. The predicted molar refractivity (Wildman–Crippen MR) is 114 cm³/mol. The highest BCUT2D eigenvalue weighted by molar-refractivity contribution is 5.98. The lowest BCUT2D eigenvalue weighted by Crippen LogP contribution is -2.24. The van der Waals surface area contributed by atoms with Crippen molar-refractivity contribution in [2.45, 2.75) is 13.1 Å². The van der Waals surface area contributed by atoms with Gasteiger partial charge in [-0.3, -0.25) is 14.6 Å². The van der Waals surface area contributed by atoms with Gasteiger partial charge in [-0.2, -0.15) is 5.26 Å². The first-order valence-electron chi connectivity index (χ1n) is 9.44. The van der Waals surface area contributed by atoms with E-state index in [-0.39, 0.29) is 11.5 Å². The summed E-state index contributed by atoms with van der Waals surface area (Å²) in [6.45, 7) is 0.700.